The standard InChI is InChI=1S/C21H16N4O3S.ClH/c26-18-15-5-6-17(24-9-7-13-3-1-2-4-14(13)11-24)23-19(15)25(12-16(18)20(27)28)21-22-8-10-29-21;/h1-6,8,10,12H,7,9,11H2,(H,27,28);1H. The Kier molecular flexibility index (Phi) is 5.27. The van der Waals surface area contributed by atoms with E-state index in [2.05, 4.69) is 28.1 Å². The van der Waals surface area contributed by atoms with Crippen LogP contribution in [0.1, 0.15) is 21.5 Å². The number of carbonyl (C=O) groups is 1. The van der Waals surface area contributed by atoms with Gasteiger partial charge in [-0.1, -0.05) is 24.3 Å². The van der Waals surface area contributed by atoms with E-state index < -0.39 is 11.4 Å². The van der Waals surface area contributed by atoms with Crippen LogP contribution in [-0.2, 0) is 13.0 Å². The minimum atomic E-state index is -1.26. The largest absolute Gasteiger partial charge is 0.477 e. The van der Waals surface area contributed by atoms with Gasteiger partial charge >= 0.3 is 5.97 Å². The van der Waals surface area contributed by atoms with Crippen molar-refractivity contribution >= 4 is 46.6 Å². The van der Waals surface area contributed by atoms with E-state index in [9.17, 15) is 14.7 Å². The maximum Gasteiger partial charge on any atom is 0.341 e. The van der Waals surface area contributed by atoms with Gasteiger partial charge in [0, 0.05) is 30.9 Å². The quantitative estimate of drug-likeness (QED) is 0.524. The Labute approximate surface area is 181 Å². The number of halogens is 1. The predicted molar refractivity (Wildman–Crippen MR) is 118 cm³/mol. The van der Waals surface area contributed by atoms with E-state index in [0.29, 0.717) is 10.8 Å². The second-order valence-corrected chi connectivity index (χ2v) is 7.72. The fourth-order valence-electron chi connectivity index (χ4n) is 3.69. The predicted octanol–water partition coefficient (Wildman–Crippen LogP) is 3.52. The lowest BCUT2D eigenvalue weighted by molar-refractivity contribution is 0.0695. The maximum absolute atomic E-state index is 12.7. The summed E-state index contributed by atoms with van der Waals surface area (Å²) < 4.78 is 1.59. The number of pyridine rings is 2. The molecule has 0 saturated heterocycles. The summed E-state index contributed by atoms with van der Waals surface area (Å²) in [5.41, 5.74) is 2.18. The van der Waals surface area contributed by atoms with Crippen LogP contribution < -0.4 is 10.3 Å². The van der Waals surface area contributed by atoms with E-state index in [1.807, 2.05) is 6.07 Å². The first-order valence-electron chi connectivity index (χ1n) is 9.13. The van der Waals surface area contributed by atoms with E-state index in [1.54, 1.807) is 28.3 Å². The number of carboxylic acid groups (broad SMARTS) is 1. The van der Waals surface area contributed by atoms with Crippen molar-refractivity contribution in [2.45, 2.75) is 13.0 Å². The van der Waals surface area contributed by atoms with Gasteiger partial charge in [0.1, 0.15) is 11.4 Å². The van der Waals surface area contributed by atoms with Crippen LogP contribution in [-0.4, -0.2) is 32.2 Å². The minimum absolute atomic E-state index is 0. The lowest BCUT2D eigenvalue weighted by Crippen LogP contribution is -2.31. The Morgan fingerprint density at radius 2 is 1.93 bits per heavy atom. The molecular weight excluding hydrogens is 424 g/mol. The average molecular weight is 441 g/mol. The monoisotopic (exact) mass is 440 g/mol. The molecule has 3 aromatic heterocycles. The van der Waals surface area contributed by atoms with Crippen molar-refractivity contribution in [2.75, 3.05) is 11.4 Å². The molecule has 0 bridgehead atoms. The molecule has 5 rings (SSSR count). The summed E-state index contributed by atoms with van der Waals surface area (Å²) in [5, 5.41) is 12.1. The number of rotatable bonds is 3. The highest BCUT2D eigenvalue weighted by Crippen LogP contribution is 2.26. The first-order valence-corrected chi connectivity index (χ1v) is 10.0. The third kappa shape index (κ3) is 3.34. The molecule has 4 aromatic rings. The summed E-state index contributed by atoms with van der Waals surface area (Å²) in [4.78, 5) is 35.4. The van der Waals surface area contributed by atoms with Gasteiger partial charge in [-0.2, -0.15) is 0 Å². The van der Waals surface area contributed by atoms with Gasteiger partial charge in [-0.05, 0) is 29.7 Å². The molecule has 0 saturated carbocycles. The summed E-state index contributed by atoms with van der Waals surface area (Å²) in [5.74, 6) is -0.515. The normalized spacial score (nSPS) is 13.0. The van der Waals surface area contributed by atoms with E-state index >= 15 is 0 Å². The molecule has 9 heteroatoms. The molecule has 1 aliphatic rings. The molecule has 0 fully saturated rings. The first-order chi connectivity index (χ1) is 14.1. The van der Waals surface area contributed by atoms with Gasteiger partial charge in [-0.3, -0.25) is 9.36 Å². The molecule has 0 atom stereocenters. The van der Waals surface area contributed by atoms with Crippen LogP contribution in [0.3, 0.4) is 0 Å². The Bertz CT molecular complexity index is 1300. The summed E-state index contributed by atoms with van der Waals surface area (Å²) in [6.07, 6.45) is 3.87. The molecule has 7 nitrogen and oxygen atoms in total. The lowest BCUT2D eigenvalue weighted by atomic mass is 10.00. The van der Waals surface area contributed by atoms with Crippen LogP contribution in [0, 0.1) is 0 Å². The minimum Gasteiger partial charge on any atom is -0.477 e. The number of hydrogen-bond donors (Lipinski definition) is 1. The van der Waals surface area contributed by atoms with Gasteiger partial charge in [0.05, 0.1) is 5.39 Å². The van der Waals surface area contributed by atoms with E-state index in [-0.39, 0.29) is 23.4 Å². The number of fused-ring (bicyclic) bond motifs is 2. The van der Waals surface area contributed by atoms with Crippen LogP contribution in [0.25, 0.3) is 16.2 Å². The number of carboxylic acids is 1. The highest BCUT2D eigenvalue weighted by molar-refractivity contribution is 7.12. The molecule has 0 radical (unpaired) electrons. The van der Waals surface area contributed by atoms with Crippen LogP contribution in [0.15, 0.2) is 59.0 Å². The zero-order valence-electron chi connectivity index (χ0n) is 15.7. The number of benzene rings is 1. The number of anilines is 1. The molecule has 1 aliphatic heterocycles. The Hall–Kier alpha value is -3.23. The van der Waals surface area contributed by atoms with Crippen LogP contribution in [0.4, 0.5) is 5.82 Å². The zero-order valence-corrected chi connectivity index (χ0v) is 17.3. The number of aromatic nitrogens is 3. The smallest absolute Gasteiger partial charge is 0.341 e. The molecule has 152 valence electrons. The van der Waals surface area contributed by atoms with Crippen molar-refractivity contribution < 1.29 is 9.90 Å². The van der Waals surface area contributed by atoms with Crippen molar-refractivity contribution in [3.8, 4) is 5.13 Å². The van der Waals surface area contributed by atoms with E-state index in [4.69, 9.17) is 4.98 Å². The third-order valence-corrected chi connectivity index (χ3v) is 5.92. The van der Waals surface area contributed by atoms with Crippen molar-refractivity contribution in [3.63, 3.8) is 0 Å². The maximum atomic E-state index is 12.7. The summed E-state index contributed by atoms with van der Waals surface area (Å²) in [7, 11) is 0. The lowest BCUT2D eigenvalue weighted by Gasteiger charge is -2.30. The molecule has 0 spiro atoms. The van der Waals surface area contributed by atoms with Crippen molar-refractivity contribution in [1.29, 1.82) is 0 Å². The summed E-state index contributed by atoms with van der Waals surface area (Å²) in [6, 6.07) is 11.8. The first kappa shape index (κ1) is 20.1. The van der Waals surface area contributed by atoms with Crippen LogP contribution >= 0.6 is 23.7 Å². The molecule has 30 heavy (non-hydrogen) atoms. The fraction of sp³-hybridized carbons (Fsp3) is 0.143. The van der Waals surface area contributed by atoms with Crippen LogP contribution in [0.5, 0.6) is 0 Å². The summed E-state index contributed by atoms with van der Waals surface area (Å²) >= 11 is 1.35. The van der Waals surface area contributed by atoms with Crippen LogP contribution in [0.2, 0.25) is 0 Å². The molecule has 0 aliphatic carbocycles. The molecule has 0 unspecified atom stereocenters. The summed E-state index contributed by atoms with van der Waals surface area (Å²) in [6.45, 7) is 1.56. The molecule has 0 amide bonds. The van der Waals surface area contributed by atoms with Gasteiger partial charge < -0.3 is 10.0 Å². The van der Waals surface area contributed by atoms with Crippen molar-refractivity contribution in [3.05, 3.63) is 81.1 Å². The SMILES string of the molecule is Cl.O=C(O)c1cn(-c2nccs2)c2nc(N3CCc4ccccc4C3)ccc2c1=O. The van der Waals surface area contributed by atoms with Crippen molar-refractivity contribution in [1.82, 2.24) is 14.5 Å². The second kappa shape index (κ2) is 7.89. The molecule has 1 aromatic carbocycles. The number of nitrogens with zero attached hydrogens (tertiary/aromatic N) is 4. The number of hydrogen-bond acceptors (Lipinski definition) is 6. The highest BCUT2D eigenvalue weighted by Gasteiger charge is 2.21. The third-order valence-electron chi connectivity index (χ3n) is 5.15. The van der Waals surface area contributed by atoms with Gasteiger partial charge in [0.15, 0.2) is 10.8 Å². The van der Waals surface area contributed by atoms with Gasteiger partial charge in [0.2, 0.25) is 5.43 Å². The molecular formula is C21H17ClN4O3S. The fourth-order valence-corrected chi connectivity index (χ4v) is 4.31. The van der Waals surface area contributed by atoms with E-state index in [1.165, 1.54) is 28.7 Å². The highest BCUT2D eigenvalue weighted by atomic mass is 35.5. The van der Waals surface area contributed by atoms with Gasteiger partial charge in [0.25, 0.3) is 0 Å². The van der Waals surface area contributed by atoms with Crippen molar-refractivity contribution in [2.24, 2.45) is 0 Å². The van der Waals surface area contributed by atoms with Gasteiger partial charge in [-0.15, -0.1) is 23.7 Å². The van der Waals surface area contributed by atoms with E-state index in [0.717, 1.165) is 25.3 Å². The second-order valence-electron chi connectivity index (χ2n) is 6.84. The Morgan fingerprint density at radius 1 is 1.13 bits per heavy atom. The average Bonchev–Trinajstić information content (AvgIpc) is 3.28. The molecule has 4 heterocycles. The number of thiazole rings is 1. The topological polar surface area (TPSA) is 88.3 Å². The Morgan fingerprint density at radius 3 is 2.67 bits per heavy atom. The molecule has 1 N–H and O–H groups in total. The Balaban J connectivity index is 0.00000218. The zero-order chi connectivity index (χ0) is 20.0. The number of aromatic carboxylic acids is 1. The van der Waals surface area contributed by atoms with Gasteiger partial charge in [-0.25, -0.2) is 14.8 Å².